The van der Waals surface area contributed by atoms with E-state index >= 15 is 0 Å². The van der Waals surface area contributed by atoms with E-state index in [1.165, 1.54) is 18.2 Å². The number of halogens is 2. The number of hydrogen-bond acceptors (Lipinski definition) is 4. The molecule has 0 aliphatic carbocycles. The van der Waals surface area contributed by atoms with Crippen molar-refractivity contribution in [3.8, 4) is 0 Å². The molecule has 0 fully saturated rings. The van der Waals surface area contributed by atoms with Gasteiger partial charge in [0.05, 0.1) is 18.3 Å². The van der Waals surface area contributed by atoms with Crippen LogP contribution in [0.15, 0.2) is 47.7 Å². The minimum atomic E-state index is -0.701. The molecule has 21 heavy (non-hydrogen) atoms. The Bertz CT molecular complexity index is 716. The van der Waals surface area contributed by atoms with E-state index in [1.54, 1.807) is 23.2 Å². The molecule has 3 rings (SSSR count). The zero-order valence-corrected chi connectivity index (χ0v) is 11.4. The van der Waals surface area contributed by atoms with Crippen LogP contribution in [0, 0.1) is 11.6 Å². The summed E-state index contributed by atoms with van der Waals surface area (Å²) in [6.07, 6.45) is 2.71. The monoisotopic (exact) mass is 288 g/mol. The molecule has 0 amide bonds. The molecule has 108 valence electrons. The first-order valence-electron chi connectivity index (χ1n) is 6.47. The molecule has 2 aromatic rings. The van der Waals surface area contributed by atoms with Crippen LogP contribution in [0.1, 0.15) is 12.5 Å². The third-order valence-corrected chi connectivity index (χ3v) is 3.66. The molecule has 1 unspecified atom stereocenters. The van der Waals surface area contributed by atoms with E-state index in [0.29, 0.717) is 17.8 Å². The number of aromatic nitrogens is 1. The first kappa shape index (κ1) is 13.5. The van der Waals surface area contributed by atoms with Gasteiger partial charge in [0.1, 0.15) is 11.6 Å². The summed E-state index contributed by atoms with van der Waals surface area (Å²) in [6.45, 7) is 2.22. The predicted molar refractivity (Wildman–Crippen MR) is 76.9 cm³/mol. The van der Waals surface area contributed by atoms with Gasteiger partial charge < -0.3 is 10.6 Å². The van der Waals surface area contributed by atoms with Crippen molar-refractivity contribution < 1.29 is 8.78 Å². The van der Waals surface area contributed by atoms with Gasteiger partial charge in [-0.15, -0.1) is 0 Å². The third-order valence-electron chi connectivity index (χ3n) is 3.66. The smallest absolute Gasteiger partial charge is 0.196 e. The zero-order chi connectivity index (χ0) is 15.0. The van der Waals surface area contributed by atoms with Crippen molar-refractivity contribution in [3.63, 3.8) is 0 Å². The quantitative estimate of drug-likeness (QED) is 0.923. The van der Waals surface area contributed by atoms with Crippen LogP contribution in [0.5, 0.6) is 0 Å². The van der Waals surface area contributed by atoms with Crippen LogP contribution in [-0.4, -0.2) is 17.5 Å². The highest BCUT2D eigenvalue weighted by molar-refractivity contribution is 5.98. The lowest BCUT2D eigenvalue weighted by molar-refractivity contribution is 0.520. The summed E-state index contributed by atoms with van der Waals surface area (Å²) >= 11 is 0. The fourth-order valence-corrected chi connectivity index (χ4v) is 2.59. The Labute approximate surface area is 120 Å². The number of nitrogens with two attached hydrogens (primary N) is 1. The van der Waals surface area contributed by atoms with Crippen LogP contribution in [0.25, 0.3) is 0 Å². The molecule has 0 spiro atoms. The Balaban J connectivity index is 2.10. The van der Waals surface area contributed by atoms with E-state index in [-0.39, 0.29) is 11.8 Å². The van der Waals surface area contributed by atoms with Crippen molar-refractivity contribution in [2.45, 2.75) is 12.5 Å². The number of guanidine groups is 1. The Hall–Kier alpha value is -2.50. The van der Waals surface area contributed by atoms with Gasteiger partial charge >= 0.3 is 0 Å². The molecule has 0 radical (unpaired) electrons. The SMILES string of the molecule is CC1(c2cncc(F)c2)CN=C(N)N1c1cccc(F)c1. The maximum absolute atomic E-state index is 13.5. The third kappa shape index (κ3) is 2.22. The molecule has 2 N–H and O–H groups in total. The molecule has 1 aliphatic rings. The minimum Gasteiger partial charge on any atom is -0.369 e. The molecule has 0 bridgehead atoms. The van der Waals surface area contributed by atoms with Gasteiger partial charge in [0.15, 0.2) is 5.96 Å². The number of anilines is 1. The molecule has 4 nitrogen and oxygen atoms in total. The van der Waals surface area contributed by atoms with Gasteiger partial charge in [-0.1, -0.05) is 6.07 Å². The predicted octanol–water partition coefficient (Wildman–Crippen LogP) is 2.41. The Kier molecular flexibility index (Phi) is 3.08. The number of aliphatic imine (C=N–C) groups is 1. The molecular formula is C15H14F2N4. The van der Waals surface area contributed by atoms with E-state index in [2.05, 4.69) is 9.98 Å². The van der Waals surface area contributed by atoms with Crippen LogP contribution in [0.2, 0.25) is 0 Å². The summed E-state index contributed by atoms with van der Waals surface area (Å²) < 4.78 is 27.0. The standard InChI is InChI=1S/C15H14F2N4/c1-15(10-5-12(17)8-19-7-10)9-20-14(18)21(15)13-4-2-3-11(16)6-13/h2-8H,9H2,1H3,(H2,18,20). The second kappa shape index (κ2) is 4.80. The molecule has 1 atom stereocenters. The lowest BCUT2D eigenvalue weighted by atomic mass is 9.92. The van der Waals surface area contributed by atoms with Crippen LogP contribution < -0.4 is 10.6 Å². The first-order chi connectivity index (χ1) is 10.0. The number of pyridine rings is 1. The topological polar surface area (TPSA) is 54.5 Å². The van der Waals surface area contributed by atoms with Gasteiger partial charge in [0.2, 0.25) is 0 Å². The average Bonchev–Trinajstić information content (AvgIpc) is 2.76. The van der Waals surface area contributed by atoms with Crippen molar-refractivity contribution in [2.24, 2.45) is 10.7 Å². The highest BCUT2D eigenvalue weighted by Crippen LogP contribution is 2.36. The van der Waals surface area contributed by atoms with Crippen molar-refractivity contribution >= 4 is 11.6 Å². The molecule has 1 aliphatic heterocycles. The van der Waals surface area contributed by atoms with Crippen molar-refractivity contribution in [2.75, 3.05) is 11.4 Å². The van der Waals surface area contributed by atoms with E-state index in [0.717, 1.165) is 6.20 Å². The summed E-state index contributed by atoms with van der Waals surface area (Å²) in [5, 5.41) is 0. The van der Waals surface area contributed by atoms with Gasteiger partial charge in [-0.2, -0.15) is 0 Å². The van der Waals surface area contributed by atoms with Crippen molar-refractivity contribution in [3.05, 3.63) is 59.9 Å². The second-order valence-corrected chi connectivity index (χ2v) is 5.16. The molecule has 6 heteroatoms. The number of hydrogen-bond donors (Lipinski definition) is 1. The second-order valence-electron chi connectivity index (χ2n) is 5.16. The molecule has 0 saturated carbocycles. The van der Waals surface area contributed by atoms with Crippen LogP contribution in [-0.2, 0) is 5.54 Å². The van der Waals surface area contributed by atoms with Crippen molar-refractivity contribution in [1.82, 2.24) is 4.98 Å². The fourth-order valence-electron chi connectivity index (χ4n) is 2.59. The van der Waals surface area contributed by atoms with E-state index < -0.39 is 11.4 Å². The Morgan fingerprint density at radius 2 is 2.00 bits per heavy atom. The maximum atomic E-state index is 13.5. The highest BCUT2D eigenvalue weighted by atomic mass is 19.1. The molecule has 0 saturated heterocycles. The molecule has 2 heterocycles. The summed E-state index contributed by atoms with van der Waals surface area (Å²) in [6, 6.07) is 7.46. The average molecular weight is 288 g/mol. The lowest BCUT2D eigenvalue weighted by Crippen LogP contribution is -2.47. The zero-order valence-electron chi connectivity index (χ0n) is 11.4. The number of benzene rings is 1. The van der Waals surface area contributed by atoms with Crippen LogP contribution >= 0.6 is 0 Å². The van der Waals surface area contributed by atoms with Crippen LogP contribution in [0.3, 0.4) is 0 Å². The Morgan fingerprint density at radius 3 is 2.71 bits per heavy atom. The van der Waals surface area contributed by atoms with Gasteiger partial charge in [-0.3, -0.25) is 9.98 Å². The Morgan fingerprint density at radius 1 is 1.19 bits per heavy atom. The van der Waals surface area contributed by atoms with Gasteiger partial charge in [0, 0.05) is 17.4 Å². The van der Waals surface area contributed by atoms with Gasteiger partial charge in [0.25, 0.3) is 0 Å². The highest BCUT2D eigenvalue weighted by Gasteiger charge is 2.41. The molecule has 1 aromatic carbocycles. The largest absolute Gasteiger partial charge is 0.369 e. The number of nitrogens with zero attached hydrogens (tertiary/aromatic N) is 3. The normalized spacial score (nSPS) is 21.5. The summed E-state index contributed by atoms with van der Waals surface area (Å²) in [5.41, 5.74) is 6.46. The van der Waals surface area contributed by atoms with Crippen LogP contribution in [0.4, 0.5) is 14.5 Å². The summed E-state index contributed by atoms with van der Waals surface area (Å²) in [5.74, 6) is -0.530. The minimum absolute atomic E-state index is 0.271. The first-order valence-corrected chi connectivity index (χ1v) is 6.47. The summed E-state index contributed by atoms with van der Waals surface area (Å²) in [4.78, 5) is 9.81. The van der Waals surface area contributed by atoms with E-state index in [9.17, 15) is 8.78 Å². The van der Waals surface area contributed by atoms with Gasteiger partial charge in [-0.05, 0) is 31.2 Å². The number of rotatable bonds is 2. The maximum Gasteiger partial charge on any atom is 0.196 e. The van der Waals surface area contributed by atoms with E-state index in [1.807, 2.05) is 6.92 Å². The molecule has 1 aromatic heterocycles. The van der Waals surface area contributed by atoms with Crippen molar-refractivity contribution in [1.29, 1.82) is 0 Å². The van der Waals surface area contributed by atoms with E-state index in [4.69, 9.17) is 5.73 Å². The lowest BCUT2D eigenvalue weighted by Gasteiger charge is -2.36. The van der Waals surface area contributed by atoms with Gasteiger partial charge in [-0.25, -0.2) is 8.78 Å². The fraction of sp³-hybridized carbons (Fsp3) is 0.200. The molecular weight excluding hydrogens is 274 g/mol. The summed E-state index contributed by atoms with van der Waals surface area (Å²) in [7, 11) is 0.